The van der Waals surface area contributed by atoms with Crippen LogP contribution in [0.15, 0.2) is 30.3 Å². The van der Waals surface area contributed by atoms with Crippen LogP contribution in [0.4, 0.5) is 0 Å². The molecule has 0 bridgehead atoms. The Bertz CT molecular complexity index is 330. The zero-order valence-electron chi connectivity index (χ0n) is 12.4. The van der Waals surface area contributed by atoms with Crippen molar-refractivity contribution in [3.63, 3.8) is 0 Å². The number of halogens is 1. The van der Waals surface area contributed by atoms with Gasteiger partial charge in [0.2, 0.25) is 0 Å². The summed E-state index contributed by atoms with van der Waals surface area (Å²) in [5, 5.41) is 0. The summed E-state index contributed by atoms with van der Waals surface area (Å²) in [7, 11) is 0. The van der Waals surface area contributed by atoms with Crippen molar-refractivity contribution >= 4 is 22.6 Å². The maximum atomic E-state index is 6.12. The quantitative estimate of drug-likeness (QED) is 0.359. The summed E-state index contributed by atoms with van der Waals surface area (Å²) in [6.45, 7) is 12.4. The molecule has 1 aromatic carbocycles. The molecule has 0 amide bonds. The van der Waals surface area contributed by atoms with Crippen molar-refractivity contribution in [2.75, 3.05) is 37.2 Å². The highest BCUT2D eigenvalue weighted by atomic mass is 127. The van der Waals surface area contributed by atoms with Crippen LogP contribution < -0.4 is 0 Å². The molecule has 0 saturated heterocycles. The van der Waals surface area contributed by atoms with Crippen LogP contribution >= 0.6 is 22.6 Å². The third kappa shape index (κ3) is 5.04. The van der Waals surface area contributed by atoms with Crippen LogP contribution in [0, 0.1) is 0 Å². The maximum Gasteiger partial charge on any atom is 0.102 e. The number of quaternary nitrogens is 1. The molecular formula is C16H27INO+. The van der Waals surface area contributed by atoms with Gasteiger partial charge in [-0.15, -0.1) is 0 Å². The molecule has 0 N–H and O–H groups in total. The van der Waals surface area contributed by atoms with Gasteiger partial charge in [0, 0.05) is 4.43 Å². The molecule has 1 rings (SSSR count). The predicted octanol–water partition coefficient (Wildman–Crippen LogP) is 4.06. The van der Waals surface area contributed by atoms with Crippen LogP contribution in [0.2, 0.25) is 0 Å². The number of hydrogen-bond acceptors (Lipinski definition) is 1. The molecule has 108 valence electrons. The first-order valence-corrected chi connectivity index (χ1v) is 8.81. The fraction of sp³-hybridized carbons (Fsp3) is 0.625. The van der Waals surface area contributed by atoms with Crippen molar-refractivity contribution in [2.45, 2.75) is 26.9 Å². The Balaban J connectivity index is 2.51. The van der Waals surface area contributed by atoms with Crippen molar-refractivity contribution in [2.24, 2.45) is 0 Å². The van der Waals surface area contributed by atoms with Crippen molar-refractivity contribution < 1.29 is 9.22 Å². The number of benzene rings is 1. The zero-order valence-corrected chi connectivity index (χ0v) is 14.6. The Labute approximate surface area is 131 Å². The molecule has 0 heterocycles. The largest absolute Gasteiger partial charge is 0.367 e. The van der Waals surface area contributed by atoms with E-state index in [1.54, 1.807) is 0 Å². The summed E-state index contributed by atoms with van der Waals surface area (Å²) < 4.78 is 8.28. The fourth-order valence-electron chi connectivity index (χ4n) is 2.43. The second-order valence-electron chi connectivity index (χ2n) is 4.94. The van der Waals surface area contributed by atoms with Crippen LogP contribution in [0.25, 0.3) is 0 Å². The molecule has 0 spiro atoms. The minimum Gasteiger partial charge on any atom is -0.367 e. The number of ether oxygens (including phenoxy) is 1. The third-order valence-electron chi connectivity index (χ3n) is 4.21. The second-order valence-corrected chi connectivity index (χ2v) is 5.82. The monoisotopic (exact) mass is 376 g/mol. The molecule has 0 saturated carbocycles. The summed E-state index contributed by atoms with van der Waals surface area (Å²) >= 11 is 2.41. The van der Waals surface area contributed by atoms with Crippen LogP contribution in [0.5, 0.6) is 0 Å². The third-order valence-corrected chi connectivity index (χ3v) is 5.01. The first-order valence-electron chi connectivity index (χ1n) is 7.29. The Hall–Kier alpha value is -0.130. The van der Waals surface area contributed by atoms with Crippen LogP contribution in [-0.4, -0.2) is 41.7 Å². The fourth-order valence-corrected chi connectivity index (χ4v) is 3.19. The summed E-state index contributed by atoms with van der Waals surface area (Å²) in [5.41, 5.74) is 1.29. The molecule has 1 atom stereocenters. The minimum atomic E-state index is 0.231. The lowest BCUT2D eigenvalue weighted by atomic mass is 10.1. The van der Waals surface area contributed by atoms with Gasteiger partial charge in [0.1, 0.15) is 6.54 Å². The molecule has 2 nitrogen and oxygen atoms in total. The van der Waals surface area contributed by atoms with E-state index in [2.05, 4.69) is 73.7 Å². The van der Waals surface area contributed by atoms with E-state index >= 15 is 0 Å². The topological polar surface area (TPSA) is 9.23 Å². The molecule has 1 unspecified atom stereocenters. The van der Waals surface area contributed by atoms with Gasteiger partial charge in [-0.3, -0.25) is 0 Å². The van der Waals surface area contributed by atoms with Crippen LogP contribution in [-0.2, 0) is 4.74 Å². The highest BCUT2D eigenvalue weighted by Crippen LogP contribution is 2.20. The van der Waals surface area contributed by atoms with Crippen molar-refractivity contribution in [3.05, 3.63) is 35.9 Å². The molecule has 0 aliphatic carbocycles. The minimum absolute atomic E-state index is 0.231. The van der Waals surface area contributed by atoms with Gasteiger partial charge in [-0.2, -0.15) is 0 Å². The molecule has 0 aromatic heterocycles. The van der Waals surface area contributed by atoms with Gasteiger partial charge in [0.25, 0.3) is 0 Å². The van der Waals surface area contributed by atoms with Gasteiger partial charge in [-0.1, -0.05) is 52.9 Å². The molecular weight excluding hydrogens is 349 g/mol. The second kappa shape index (κ2) is 8.93. The smallest absolute Gasteiger partial charge is 0.102 e. The first-order chi connectivity index (χ1) is 9.21. The van der Waals surface area contributed by atoms with Gasteiger partial charge in [-0.25, -0.2) is 0 Å². The number of hydrogen-bond donors (Lipinski definition) is 0. The number of alkyl halides is 1. The van der Waals surface area contributed by atoms with Gasteiger partial charge >= 0.3 is 0 Å². The predicted molar refractivity (Wildman–Crippen MR) is 90.8 cm³/mol. The molecule has 0 fully saturated rings. The van der Waals surface area contributed by atoms with Gasteiger partial charge < -0.3 is 9.22 Å². The zero-order chi connectivity index (χ0) is 14.1. The summed E-state index contributed by atoms with van der Waals surface area (Å²) in [4.78, 5) is 0. The molecule has 3 heteroatoms. The van der Waals surface area contributed by atoms with Gasteiger partial charge in [-0.05, 0) is 26.3 Å². The van der Waals surface area contributed by atoms with Crippen molar-refractivity contribution in [3.8, 4) is 0 Å². The average Bonchev–Trinajstić information content (AvgIpc) is 2.49. The normalized spacial score (nSPS) is 13.5. The summed E-state index contributed by atoms with van der Waals surface area (Å²) in [6.07, 6.45) is 0.231. The van der Waals surface area contributed by atoms with E-state index in [0.29, 0.717) is 0 Å². The number of nitrogens with zero attached hydrogens (tertiary/aromatic N) is 1. The van der Waals surface area contributed by atoms with E-state index < -0.39 is 0 Å². The van der Waals surface area contributed by atoms with Gasteiger partial charge in [0.05, 0.1) is 32.3 Å². The summed E-state index contributed by atoms with van der Waals surface area (Å²) in [5.74, 6) is 0. The average molecular weight is 376 g/mol. The molecule has 0 aliphatic rings. The van der Waals surface area contributed by atoms with E-state index in [9.17, 15) is 0 Å². The lowest BCUT2D eigenvalue weighted by Crippen LogP contribution is -2.49. The van der Waals surface area contributed by atoms with Crippen LogP contribution in [0.3, 0.4) is 0 Å². The molecule has 0 aliphatic heterocycles. The summed E-state index contributed by atoms with van der Waals surface area (Å²) in [6, 6.07) is 10.5. The van der Waals surface area contributed by atoms with Crippen molar-refractivity contribution in [1.29, 1.82) is 0 Å². The van der Waals surface area contributed by atoms with Crippen LogP contribution in [0.1, 0.15) is 32.4 Å². The molecule has 1 aromatic rings. The Kier molecular flexibility index (Phi) is 7.95. The number of likely N-dealkylation sites (N-methyl/N-ethyl adjacent to an activating group) is 1. The highest BCUT2D eigenvalue weighted by Gasteiger charge is 2.21. The molecule has 19 heavy (non-hydrogen) atoms. The first kappa shape index (κ1) is 16.9. The lowest BCUT2D eigenvalue weighted by Gasteiger charge is -2.36. The Morgan fingerprint density at radius 2 is 1.63 bits per heavy atom. The van der Waals surface area contributed by atoms with Crippen molar-refractivity contribution in [1.82, 2.24) is 0 Å². The van der Waals surface area contributed by atoms with E-state index in [1.165, 1.54) is 25.2 Å². The maximum absolute atomic E-state index is 6.12. The molecule has 0 radical (unpaired) electrons. The Morgan fingerprint density at radius 1 is 1.05 bits per heavy atom. The standard InChI is InChI=1S/C16H27INO/c1-4-18(5-2,6-3)12-13-19-16(14-17)15-10-8-7-9-11-15/h7-11,16H,4-6,12-14H2,1-3H3/q+1. The highest BCUT2D eigenvalue weighted by molar-refractivity contribution is 14.1. The lowest BCUT2D eigenvalue weighted by molar-refractivity contribution is -0.923. The number of rotatable bonds is 9. The SMILES string of the molecule is CC[N+](CC)(CC)CCOC(CI)c1ccccc1. The van der Waals surface area contributed by atoms with E-state index in [-0.39, 0.29) is 6.10 Å². The van der Waals surface area contributed by atoms with E-state index in [1.807, 2.05) is 0 Å². The van der Waals surface area contributed by atoms with E-state index in [4.69, 9.17) is 4.74 Å². The van der Waals surface area contributed by atoms with Gasteiger partial charge in [0.15, 0.2) is 0 Å². The Morgan fingerprint density at radius 3 is 2.11 bits per heavy atom. The van der Waals surface area contributed by atoms with E-state index in [0.717, 1.165) is 22.1 Å².